The largest absolute Gasteiger partial charge is 0.545 e. The third-order valence-corrected chi connectivity index (χ3v) is 6.97. The van der Waals surface area contributed by atoms with Gasteiger partial charge >= 0.3 is 5.97 Å². The van der Waals surface area contributed by atoms with Gasteiger partial charge in [-0.05, 0) is 29.3 Å². The smallest absolute Gasteiger partial charge is 0.336 e. The lowest BCUT2D eigenvalue weighted by Gasteiger charge is -2.05. The van der Waals surface area contributed by atoms with Gasteiger partial charge in [-0.15, -0.1) is 0 Å². The van der Waals surface area contributed by atoms with Crippen molar-refractivity contribution in [1.82, 2.24) is 14.8 Å². The van der Waals surface area contributed by atoms with Gasteiger partial charge in [0.05, 0.1) is 49.9 Å². The van der Waals surface area contributed by atoms with E-state index in [1.807, 2.05) is 35.5 Å². The van der Waals surface area contributed by atoms with Gasteiger partial charge in [0.1, 0.15) is 6.54 Å². The number of hydrogen-bond donors (Lipinski definition) is 2. The predicted octanol–water partition coefficient (Wildman–Crippen LogP) is 3.82. The van der Waals surface area contributed by atoms with Crippen LogP contribution in [0.4, 0.5) is 22.7 Å². The molecule has 2 aromatic heterocycles. The molecular formula is C32H24N8O12. The molecule has 0 saturated carbocycles. The quantitative estimate of drug-likeness (QED) is 0.116. The van der Waals surface area contributed by atoms with Crippen molar-refractivity contribution in [2.24, 2.45) is 0 Å². The lowest BCUT2D eigenvalue weighted by molar-refractivity contribution is -0.662. The van der Waals surface area contributed by atoms with Crippen LogP contribution in [-0.4, -0.2) is 51.5 Å². The SMILES string of the molecule is O=C(O)c1cc([N+](=O)[O-])cc([N+](=O)[O-])c1.O=C([O-])c1cc([N+](=O)[O-])cc([N+](=O)[O-])c1.c1cc(Cn2cccn2)cc(C[n+]2c[nH]c3ccccc32)c1. The number of fused-ring (bicyclic) bond motifs is 1. The molecule has 0 amide bonds. The van der Waals surface area contributed by atoms with Crippen LogP contribution in [0, 0.1) is 40.5 Å². The predicted molar refractivity (Wildman–Crippen MR) is 176 cm³/mol. The summed E-state index contributed by atoms with van der Waals surface area (Å²) in [6, 6.07) is 23.3. The Balaban J connectivity index is 0.000000181. The summed E-state index contributed by atoms with van der Waals surface area (Å²) >= 11 is 0. The van der Waals surface area contributed by atoms with Gasteiger partial charge in [0, 0.05) is 42.2 Å². The van der Waals surface area contributed by atoms with Crippen LogP contribution in [0.1, 0.15) is 31.8 Å². The van der Waals surface area contributed by atoms with E-state index in [9.17, 15) is 55.2 Å². The van der Waals surface area contributed by atoms with Crippen LogP contribution >= 0.6 is 0 Å². The summed E-state index contributed by atoms with van der Waals surface area (Å²) in [5, 5.41) is 64.5. The van der Waals surface area contributed by atoms with E-state index in [-0.39, 0.29) is 0 Å². The number of H-pyrrole nitrogens is 1. The Morgan fingerprint density at radius 2 is 1.25 bits per heavy atom. The molecule has 264 valence electrons. The minimum Gasteiger partial charge on any atom is -0.545 e. The lowest BCUT2D eigenvalue weighted by atomic mass is 10.1. The van der Waals surface area contributed by atoms with E-state index in [0.717, 1.165) is 30.7 Å². The molecule has 0 saturated heterocycles. The number of nitrogens with one attached hydrogen (secondary N) is 1. The summed E-state index contributed by atoms with van der Waals surface area (Å²) in [5.41, 5.74) is 1.28. The van der Waals surface area contributed by atoms with Crippen LogP contribution in [0.25, 0.3) is 11.0 Å². The van der Waals surface area contributed by atoms with Crippen LogP contribution in [0.5, 0.6) is 0 Å². The molecule has 0 radical (unpaired) electrons. The second-order valence-electron chi connectivity index (χ2n) is 10.5. The van der Waals surface area contributed by atoms with E-state index < -0.39 is 65.5 Å². The van der Waals surface area contributed by atoms with E-state index in [1.54, 1.807) is 0 Å². The fraction of sp³-hybridized carbons (Fsp3) is 0.0625. The Morgan fingerprint density at radius 3 is 1.75 bits per heavy atom. The number of hydrogen-bond acceptors (Lipinski definition) is 12. The van der Waals surface area contributed by atoms with Gasteiger partial charge in [0.15, 0.2) is 11.0 Å². The summed E-state index contributed by atoms with van der Waals surface area (Å²) in [7, 11) is 0. The first kappa shape index (κ1) is 36.9. The highest BCUT2D eigenvalue weighted by Gasteiger charge is 2.19. The number of para-hydroxylation sites is 2. The van der Waals surface area contributed by atoms with Crippen molar-refractivity contribution in [2.45, 2.75) is 13.1 Å². The number of carboxylic acids is 2. The molecule has 2 N–H and O–H groups in total. The molecule has 0 unspecified atom stereocenters. The van der Waals surface area contributed by atoms with E-state index >= 15 is 0 Å². The monoisotopic (exact) mass is 712 g/mol. The van der Waals surface area contributed by atoms with Crippen molar-refractivity contribution in [1.29, 1.82) is 0 Å². The van der Waals surface area contributed by atoms with Gasteiger partial charge < -0.3 is 15.0 Å². The number of carbonyl (C=O) groups excluding carboxylic acids is 1. The van der Waals surface area contributed by atoms with Crippen LogP contribution in [0.2, 0.25) is 0 Å². The van der Waals surface area contributed by atoms with Crippen LogP contribution in [-0.2, 0) is 13.1 Å². The van der Waals surface area contributed by atoms with Crippen molar-refractivity contribution in [3.63, 3.8) is 0 Å². The molecule has 20 nitrogen and oxygen atoms in total. The van der Waals surface area contributed by atoms with E-state index in [2.05, 4.69) is 57.1 Å². The number of aromatic carboxylic acids is 2. The normalized spacial score (nSPS) is 10.2. The Kier molecular flexibility index (Phi) is 11.7. The zero-order valence-corrected chi connectivity index (χ0v) is 26.4. The number of benzene rings is 4. The molecule has 0 aliphatic carbocycles. The fourth-order valence-corrected chi connectivity index (χ4v) is 4.65. The number of carboxylic acid groups (broad SMARTS) is 2. The van der Waals surface area contributed by atoms with Crippen LogP contribution in [0.3, 0.4) is 0 Å². The summed E-state index contributed by atoms with van der Waals surface area (Å²) < 4.78 is 4.18. The second-order valence-corrected chi connectivity index (χ2v) is 10.5. The minimum atomic E-state index is -1.71. The molecule has 6 rings (SSSR count). The number of aromatic amines is 1. The highest BCUT2D eigenvalue weighted by atomic mass is 16.6. The first-order chi connectivity index (χ1) is 24.7. The first-order valence-corrected chi connectivity index (χ1v) is 14.5. The topological polar surface area (TPSA) is 287 Å². The number of imidazole rings is 1. The summed E-state index contributed by atoms with van der Waals surface area (Å²) in [4.78, 5) is 61.9. The number of aromatic nitrogens is 4. The van der Waals surface area contributed by atoms with Gasteiger partial charge in [-0.1, -0.05) is 36.4 Å². The third kappa shape index (κ3) is 9.82. The van der Waals surface area contributed by atoms with Crippen molar-refractivity contribution in [2.75, 3.05) is 0 Å². The van der Waals surface area contributed by atoms with Gasteiger partial charge in [0.25, 0.3) is 22.7 Å². The Labute approximate surface area is 290 Å². The molecule has 0 spiro atoms. The summed E-state index contributed by atoms with van der Waals surface area (Å²) in [6.45, 7) is 1.66. The maximum atomic E-state index is 10.5. The molecule has 2 heterocycles. The average Bonchev–Trinajstić information content (AvgIpc) is 3.78. The summed E-state index contributed by atoms with van der Waals surface area (Å²) in [5.74, 6) is -3.16. The molecule has 4 aromatic carbocycles. The molecule has 0 bridgehead atoms. The van der Waals surface area contributed by atoms with Crippen molar-refractivity contribution < 1.29 is 44.1 Å². The number of nitro groups is 4. The highest BCUT2D eigenvalue weighted by Crippen LogP contribution is 2.23. The van der Waals surface area contributed by atoms with Crippen LogP contribution in [0.15, 0.2) is 110 Å². The highest BCUT2D eigenvalue weighted by molar-refractivity contribution is 5.89. The average molecular weight is 713 g/mol. The molecule has 52 heavy (non-hydrogen) atoms. The van der Waals surface area contributed by atoms with E-state index in [1.165, 1.54) is 16.6 Å². The van der Waals surface area contributed by atoms with Gasteiger partial charge in [-0.2, -0.15) is 5.10 Å². The molecule has 20 heteroatoms. The fourth-order valence-electron chi connectivity index (χ4n) is 4.65. The second kappa shape index (κ2) is 16.5. The van der Waals surface area contributed by atoms with E-state index in [0.29, 0.717) is 24.3 Å². The number of rotatable bonds is 10. The number of nitro benzene ring substituents is 4. The lowest BCUT2D eigenvalue weighted by Crippen LogP contribution is -2.32. The van der Waals surface area contributed by atoms with Crippen molar-refractivity contribution in [3.8, 4) is 0 Å². The molecule has 0 fully saturated rings. The molecule has 6 aromatic rings. The van der Waals surface area contributed by atoms with Gasteiger partial charge in [-0.3, -0.25) is 45.1 Å². The molecule has 0 aliphatic heterocycles. The number of carbonyl (C=O) groups is 2. The van der Waals surface area contributed by atoms with Gasteiger partial charge in [0.2, 0.25) is 6.33 Å². The zero-order chi connectivity index (χ0) is 37.9. The maximum absolute atomic E-state index is 10.5. The Morgan fingerprint density at radius 1 is 0.712 bits per heavy atom. The molecule has 0 atom stereocenters. The molecular weight excluding hydrogens is 688 g/mol. The zero-order valence-electron chi connectivity index (χ0n) is 26.4. The minimum absolute atomic E-state index is 0.490. The van der Waals surface area contributed by atoms with Crippen molar-refractivity contribution in [3.05, 3.63) is 172 Å². The Bertz CT molecular complexity index is 2060. The standard InChI is InChI=1S/C18H16N4.2C7H4N2O6/c1-2-8-18-17(7-1)19-14-21(18)12-15-5-3-6-16(11-15)13-22-10-4-9-20-22;2*10-7(11)4-1-5(8(12)13)3-6(2-4)9(14)15/h1-11,14H,12-13H2;2*1-3H,(H,10,11). The van der Waals surface area contributed by atoms with E-state index in [4.69, 9.17) is 5.11 Å². The summed E-state index contributed by atoms with van der Waals surface area (Å²) in [6.07, 6.45) is 5.83. The number of nitrogens with zero attached hydrogens (tertiary/aromatic N) is 7. The molecule has 0 aliphatic rings. The van der Waals surface area contributed by atoms with Crippen molar-refractivity contribution >= 4 is 45.7 Å². The van der Waals surface area contributed by atoms with Crippen LogP contribution < -0.4 is 9.67 Å². The number of non-ortho nitro benzene ring substituents is 4. The Hall–Kier alpha value is -7.90. The van der Waals surface area contributed by atoms with Gasteiger partial charge in [-0.25, -0.2) is 14.3 Å². The first-order valence-electron chi connectivity index (χ1n) is 14.5. The maximum Gasteiger partial charge on any atom is 0.336 e. The third-order valence-electron chi connectivity index (χ3n) is 6.97.